The van der Waals surface area contributed by atoms with Crippen molar-refractivity contribution in [3.05, 3.63) is 58.5 Å². The molecule has 0 aliphatic rings. The maximum Gasteiger partial charge on any atom is 0.265 e. The summed E-state index contributed by atoms with van der Waals surface area (Å²) < 4.78 is 6.87. The fourth-order valence-corrected chi connectivity index (χ4v) is 2.99. The van der Waals surface area contributed by atoms with Crippen LogP contribution in [0.2, 0.25) is 0 Å². The predicted molar refractivity (Wildman–Crippen MR) is 88.1 cm³/mol. The van der Waals surface area contributed by atoms with Crippen molar-refractivity contribution in [2.24, 2.45) is 0 Å². The van der Waals surface area contributed by atoms with E-state index >= 15 is 0 Å². The monoisotopic (exact) mass is 328 g/mol. The molecule has 118 valence electrons. The summed E-state index contributed by atoms with van der Waals surface area (Å²) in [4.78, 5) is 12.9. The Balaban J connectivity index is 1.71. The van der Waals surface area contributed by atoms with E-state index in [2.05, 4.69) is 15.6 Å². The predicted octanol–water partition coefficient (Wildman–Crippen LogP) is 2.83. The van der Waals surface area contributed by atoms with Crippen LogP contribution in [0.5, 0.6) is 5.75 Å². The molecule has 2 heterocycles. The lowest BCUT2D eigenvalue weighted by Crippen LogP contribution is -2.26. The molecule has 2 aromatic heterocycles. The van der Waals surface area contributed by atoms with Crippen LogP contribution in [0, 0.1) is 0 Å². The number of hydrogen-bond acceptors (Lipinski definition) is 5. The third-order valence-corrected chi connectivity index (χ3v) is 4.38. The van der Waals surface area contributed by atoms with E-state index in [4.69, 9.17) is 4.74 Å². The Morgan fingerprint density at radius 3 is 2.74 bits per heavy atom. The van der Waals surface area contributed by atoms with Crippen LogP contribution in [0.3, 0.4) is 0 Å². The number of nitrogens with one attached hydrogen (secondary N) is 1. The van der Waals surface area contributed by atoms with Crippen LogP contribution in [0.25, 0.3) is 5.69 Å². The van der Waals surface area contributed by atoms with Crippen LogP contribution in [-0.2, 0) is 0 Å². The standard InChI is InChI=1S/C16H16N4O2S/c1-11(18-16(21)15-14(22-2)7-10-23-15)12-3-5-13(6-4-12)20-9-8-17-19-20/h3-11H,1-2H3,(H,18,21)/t11-/m1/s1. The summed E-state index contributed by atoms with van der Waals surface area (Å²) in [6.07, 6.45) is 3.41. The number of benzene rings is 1. The van der Waals surface area contributed by atoms with Crippen molar-refractivity contribution in [1.82, 2.24) is 20.3 Å². The largest absolute Gasteiger partial charge is 0.495 e. The van der Waals surface area contributed by atoms with Crippen molar-refractivity contribution in [3.63, 3.8) is 0 Å². The average molecular weight is 328 g/mol. The van der Waals surface area contributed by atoms with Crippen molar-refractivity contribution < 1.29 is 9.53 Å². The molecule has 0 fully saturated rings. The quantitative estimate of drug-likeness (QED) is 0.782. The van der Waals surface area contributed by atoms with Gasteiger partial charge >= 0.3 is 0 Å². The summed E-state index contributed by atoms with van der Waals surface area (Å²) in [6.45, 7) is 1.95. The smallest absolute Gasteiger partial charge is 0.265 e. The minimum atomic E-state index is -0.135. The summed E-state index contributed by atoms with van der Waals surface area (Å²) in [6, 6.07) is 9.49. The van der Waals surface area contributed by atoms with Crippen LogP contribution in [-0.4, -0.2) is 28.0 Å². The Kier molecular flexibility index (Phi) is 4.38. The van der Waals surface area contributed by atoms with Gasteiger partial charge in [0.25, 0.3) is 5.91 Å². The first-order valence-electron chi connectivity index (χ1n) is 7.08. The first-order valence-corrected chi connectivity index (χ1v) is 7.96. The molecule has 3 aromatic rings. The fourth-order valence-electron chi connectivity index (χ4n) is 2.23. The van der Waals surface area contributed by atoms with Gasteiger partial charge in [0.2, 0.25) is 0 Å². The van der Waals surface area contributed by atoms with Crippen molar-refractivity contribution in [2.75, 3.05) is 7.11 Å². The molecule has 23 heavy (non-hydrogen) atoms. The molecule has 0 spiro atoms. The SMILES string of the molecule is COc1ccsc1C(=O)N[C@H](C)c1ccc(-n2ccnn2)cc1. The maximum atomic E-state index is 12.3. The average Bonchev–Trinajstić information content (AvgIpc) is 3.26. The van der Waals surface area contributed by atoms with E-state index in [0.29, 0.717) is 10.6 Å². The van der Waals surface area contributed by atoms with Gasteiger partial charge in [-0.2, -0.15) is 0 Å². The van der Waals surface area contributed by atoms with E-state index in [1.54, 1.807) is 30.3 Å². The molecule has 1 atom stereocenters. The number of thiophene rings is 1. The molecular formula is C16H16N4O2S. The third kappa shape index (κ3) is 3.24. The number of aromatic nitrogens is 3. The van der Waals surface area contributed by atoms with Gasteiger partial charge in [-0.3, -0.25) is 4.79 Å². The van der Waals surface area contributed by atoms with Gasteiger partial charge in [-0.15, -0.1) is 16.4 Å². The molecule has 0 radical (unpaired) electrons. The minimum absolute atomic E-state index is 0.112. The zero-order valence-corrected chi connectivity index (χ0v) is 13.6. The number of ether oxygens (including phenoxy) is 1. The molecule has 0 saturated carbocycles. The van der Waals surface area contributed by atoms with E-state index in [9.17, 15) is 4.79 Å². The Labute approximate surface area is 137 Å². The number of rotatable bonds is 5. The van der Waals surface area contributed by atoms with Crippen molar-refractivity contribution in [3.8, 4) is 11.4 Å². The molecule has 7 heteroatoms. The Morgan fingerprint density at radius 1 is 1.30 bits per heavy atom. The van der Waals surface area contributed by atoms with E-state index < -0.39 is 0 Å². The Bertz CT molecular complexity index is 781. The van der Waals surface area contributed by atoms with Gasteiger partial charge in [0.05, 0.1) is 31.2 Å². The molecule has 1 N–H and O–H groups in total. The molecule has 1 aromatic carbocycles. The molecule has 0 saturated heterocycles. The maximum absolute atomic E-state index is 12.3. The lowest BCUT2D eigenvalue weighted by Gasteiger charge is -2.14. The van der Waals surface area contributed by atoms with Crippen LogP contribution < -0.4 is 10.1 Å². The number of carbonyl (C=O) groups excluding carboxylic acids is 1. The number of methoxy groups -OCH3 is 1. The second kappa shape index (κ2) is 6.62. The molecule has 0 aliphatic heterocycles. The molecule has 3 rings (SSSR count). The Morgan fingerprint density at radius 2 is 2.09 bits per heavy atom. The molecule has 0 unspecified atom stereocenters. The second-order valence-electron chi connectivity index (χ2n) is 4.95. The lowest BCUT2D eigenvalue weighted by molar-refractivity contribution is 0.0941. The molecule has 1 amide bonds. The van der Waals surface area contributed by atoms with Crippen molar-refractivity contribution in [1.29, 1.82) is 0 Å². The van der Waals surface area contributed by atoms with Gasteiger partial charge in [0.1, 0.15) is 10.6 Å². The van der Waals surface area contributed by atoms with Crippen LogP contribution >= 0.6 is 11.3 Å². The van der Waals surface area contributed by atoms with Gasteiger partial charge in [-0.05, 0) is 36.1 Å². The lowest BCUT2D eigenvalue weighted by atomic mass is 10.1. The number of hydrogen-bond donors (Lipinski definition) is 1. The molecule has 0 bridgehead atoms. The van der Waals surface area contributed by atoms with E-state index in [1.165, 1.54) is 11.3 Å². The van der Waals surface area contributed by atoms with Gasteiger partial charge in [0, 0.05) is 0 Å². The van der Waals surface area contributed by atoms with Crippen LogP contribution in [0.15, 0.2) is 48.1 Å². The normalized spacial score (nSPS) is 11.9. The topological polar surface area (TPSA) is 69.0 Å². The molecule has 0 aliphatic carbocycles. The number of carbonyl (C=O) groups is 1. The van der Waals surface area contributed by atoms with Gasteiger partial charge < -0.3 is 10.1 Å². The summed E-state index contributed by atoms with van der Waals surface area (Å²) in [7, 11) is 1.56. The molecular weight excluding hydrogens is 312 g/mol. The van der Waals surface area contributed by atoms with Crippen molar-refractivity contribution >= 4 is 17.2 Å². The van der Waals surface area contributed by atoms with E-state index in [1.807, 2.05) is 36.6 Å². The first kappa shape index (κ1) is 15.2. The van der Waals surface area contributed by atoms with E-state index in [0.717, 1.165) is 11.3 Å². The van der Waals surface area contributed by atoms with Crippen LogP contribution in [0.4, 0.5) is 0 Å². The second-order valence-corrected chi connectivity index (χ2v) is 5.87. The highest BCUT2D eigenvalue weighted by molar-refractivity contribution is 7.12. The first-order chi connectivity index (χ1) is 11.2. The van der Waals surface area contributed by atoms with Crippen LogP contribution in [0.1, 0.15) is 28.2 Å². The fraction of sp³-hybridized carbons (Fsp3) is 0.188. The van der Waals surface area contributed by atoms with Gasteiger partial charge in [-0.1, -0.05) is 17.3 Å². The summed E-state index contributed by atoms with van der Waals surface area (Å²) in [5.74, 6) is 0.464. The number of amides is 1. The van der Waals surface area contributed by atoms with E-state index in [-0.39, 0.29) is 11.9 Å². The zero-order chi connectivity index (χ0) is 16.2. The van der Waals surface area contributed by atoms with Crippen molar-refractivity contribution in [2.45, 2.75) is 13.0 Å². The number of nitrogens with zero attached hydrogens (tertiary/aromatic N) is 3. The third-order valence-electron chi connectivity index (χ3n) is 3.48. The summed E-state index contributed by atoms with van der Waals surface area (Å²) in [5.41, 5.74) is 1.93. The summed E-state index contributed by atoms with van der Waals surface area (Å²) >= 11 is 1.36. The minimum Gasteiger partial charge on any atom is -0.495 e. The van der Waals surface area contributed by atoms with Gasteiger partial charge in [-0.25, -0.2) is 4.68 Å². The highest BCUT2D eigenvalue weighted by atomic mass is 32.1. The highest BCUT2D eigenvalue weighted by Crippen LogP contribution is 2.25. The summed E-state index contributed by atoms with van der Waals surface area (Å²) in [5, 5.41) is 12.6. The zero-order valence-electron chi connectivity index (χ0n) is 12.8. The Hall–Kier alpha value is -2.67. The molecule has 6 nitrogen and oxygen atoms in total. The van der Waals surface area contributed by atoms with Gasteiger partial charge in [0.15, 0.2) is 0 Å². The highest BCUT2D eigenvalue weighted by Gasteiger charge is 2.16.